The third kappa shape index (κ3) is 5.18. The minimum atomic E-state index is -0.577. The lowest BCUT2D eigenvalue weighted by atomic mass is 10.2. The molecular weight excluding hydrogens is 328 g/mol. The Morgan fingerprint density at radius 1 is 1.17 bits per heavy atom. The number of halogens is 1. The SMILES string of the molecule is CC(C)(C)OC(=O)Nc1ccc(Oc2ccc(C#N)cc2)c(Cl)c1. The van der Waals surface area contributed by atoms with E-state index < -0.39 is 11.7 Å². The highest BCUT2D eigenvalue weighted by Crippen LogP contribution is 2.31. The van der Waals surface area contributed by atoms with Crippen molar-refractivity contribution in [3.63, 3.8) is 0 Å². The van der Waals surface area contributed by atoms with E-state index in [1.165, 1.54) is 0 Å². The lowest BCUT2D eigenvalue weighted by molar-refractivity contribution is 0.0636. The van der Waals surface area contributed by atoms with Gasteiger partial charge in [0, 0.05) is 5.69 Å². The molecule has 2 aromatic rings. The summed E-state index contributed by atoms with van der Waals surface area (Å²) in [4.78, 5) is 11.7. The molecule has 0 saturated heterocycles. The Labute approximate surface area is 145 Å². The van der Waals surface area contributed by atoms with Gasteiger partial charge in [0.05, 0.1) is 16.7 Å². The summed E-state index contributed by atoms with van der Waals surface area (Å²) < 4.78 is 10.8. The van der Waals surface area contributed by atoms with Gasteiger partial charge < -0.3 is 9.47 Å². The number of amides is 1. The molecule has 0 aliphatic carbocycles. The van der Waals surface area contributed by atoms with E-state index in [0.29, 0.717) is 27.8 Å². The number of nitrogens with one attached hydrogen (secondary N) is 1. The van der Waals surface area contributed by atoms with Gasteiger partial charge in [-0.25, -0.2) is 4.79 Å². The highest BCUT2D eigenvalue weighted by molar-refractivity contribution is 6.32. The first kappa shape index (κ1) is 17.6. The molecule has 0 spiro atoms. The number of rotatable bonds is 3. The molecule has 5 nitrogen and oxygen atoms in total. The normalized spacial score (nSPS) is 10.6. The molecule has 0 fully saturated rings. The number of nitriles is 1. The van der Waals surface area contributed by atoms with Crippen molar-refractivity contribution in [2.45, 2.75) is 26.4 Å². The average molecular weight is 345 g/mol. The number of ether oxygens (including phenoxy) is 2. The number of nitrogens with zero attached hydrogens (tertiary/aromatic N) is 1. The predicted octanol–water partition coefficient (Wildman–Crippen LogP) is 5.35. The molecule has 24 heavy (non-hydrogen) atoms. The molecule has 0 heterocycles. The zero-order valence-corrected chi connectivity index (χ0v) is 14.3. The summed E-state index contributed by atoms with van der Waals surface area (Å²) in [6, 6.07) is 13.6. The van der Waals surface area contributed by atoms with Gasteiger partial charge in [0.15, 0.2) is 0 Å². The maximum atomic E-state index is 11.7. The summed E-state index contributed by atoms with van der Waals surface area (Å²) >= 11 is 6.18. The third-order valence-electron chi connectivity index (χ3n) is 2.79. The fourth-order valence-electron chi connectivity index (χ4n) is 1.81. The number of anilines is 1. The van der Waals surface area contributed by atoms with Crippen LogP contribution in [-0.4, -0.2) is 11.7 Å². The standard InChI is InChI=1S/C18H17ClN2O3/c1-18(2,3)24-17(22)21-13-6-9-16(15(19)10-13)23-14-7-4-12(11-20)5-8-14/h4-10H,1-3H3,(H,21,22). The van der Waals surface area contributed by atoms with Crippen LogP contribution in [0.2, 0.25) is 5.02 Å². The fraction of sp³-hybridized carbons (Fsp3) is 0.222. The van der Waals surface area contributed by atoms with Crippen molar-refractivity contribution in [2.24, 2.45) is 0 Å². The van der Waals surface area contributed by atoms with E-state index in [9.17, 15) is 4.79 Å². The van der Waals surface area contributed by atoms with E-state index >= 15 is 0 Å². The number of carbonyl (C=O) groups is 1. The topological polar surface area (TPSA) is 71.3 Å². The smallest absolute Gasteiger partial charge is 0.412 e. The molecule has 0 bridgehead atoms. The highest BCUT2D eigenvalue weighted by Gasteiger charge is 2.16. The van der Waals surface area contributed by atoms with Crippen molar-refractivity contribution < 1.29 is 14.3 Å². The van der Waals surface area contributed by atoms with Gasteiger partial charge >= 0.3 is 6.09 Å². The zero-order chi connectivity index (χ0) is 17.7. The first-order valence-electron chi connectivity index (χ1n) is 7.24. The molecule has 1 N–H and O–H groups in total. The molecule has 0 saturated carbocycles. The van der Waals surface area contributed by atoms with Crippen molar-refractivity contribution in [1.82, 2.24) is 0 Å². The summed E-state index contributed by atoms with van der Waals surface area (Å²) in [7, 11) is 0. The monoisotopic (exact) mass is 344 g/mol. The van der Waals surface area contributed by atoms with Gasteiger partial charge in [-0.05, 0) is 63.2 Å². The fourth-order valence-corrected chi connectivity index (χ4v) is 2.03. The van der Waals surface area contributed by atoms with Crippen molar-refractivity contribution in [3.8, 4) is 17.6 Å². The molecule has 0 aliphatic rings. The van der Waals surface area contributed by atoms with Gasteiger partial charge in [0.25, 0.3) is 0 Å². The summed E-state index contributed by atoms with van der Waals surface area (Å²) in [5.41, 5.74) is 0.471. The van der Waals surface area contributed by atoms with Crippen molar-refractivity contribution in [1.29, 1.82) is 5.26 Å². The van der Waals surface area contributed by atoms with Gasteiger partial charge in [0.2, 0.25) is 0 Å². The second-order valence-electron chi connectivity index (χ2n) is 6.01. The maximum absolute atomic E-state index is 11.7. The van der Waals surface area contributed by atoms with Crippen LogP contribution in [0.4, 0.5) is 10.5 Å². The summed E-state index contributed by atoms with van der Waals surface area (Å²) in [6.07, 6.45) is -0.556. The molecule has 0 aromatic heterocycles. The van der Waals surface area contributed by atoms with Crippen molar-refractivity contribution in [2.75, 3.05) is 5.32 Å². The lowest BCUT2D eigenvalue weighted by Gasteiger charge is -2.19. The highest BCUT2D eigenvalue weighted by atomic mass is 35.5. The largest absolute Gasteiger partial charge is 0.456 e. The molecule has 6 heteroatoms. The average Bonchev–Trinajstić information content (AvgIpc) is 2.49. The van der Waals surface area contributed by atoms with Crippen LogP contribution in [0.15, 0.2) is 42.5 Å². The van der Waals surface area contributed by atoms with Crippen LogP contribution in [0.1, 0.15) is 26.3 Å². The van der Waals surface area contributed by atoms with Gasteiger partial charge in [-0.1, -0.05) is 11.6 Å². The van der Waals surface area contributed by atoms with Crippen LogP contribution in [-0.2, 0) is 4.74 Å². The zero-order valence-electron chi connectivity index (χ0n) is 13.6. The third-order valence-corrected chi connectivity index (χ3v) is 3.08. The van der Waals surface area contributed by atoms with E-state index in [1.807, 2.05) is 6.07 Å². The van der Waals surface area contributed by atoms with E-state index in [0.717, 1.165) is 0 Å². The van der Waals surface area contributed by atoms with Crippen molar-refractivity contribution >= 4 is 23.4 Å². The second kappa shape index (κ2) is 7.24. The van der Waals surface area contributed by atoms with Crippen LogP contribution >= 0.6 is 11.6 Å². The summed E-state index contributed by atoms with van der Waals surface area (Å²) in [6.45, 7) is 5.36. The number of carbonyl (C=O) groups excluding carboxylic acids is 1. The van der Waals surface area contributed by atoms with Crippen LogP contribution in [0.3, 0.4) is 0 Å². The molecule has 0 aliphatic heterocycles. The molecule has 1 amide bonds. The van der Waals surface area contributed by atoms with E-state index in [-0.39, 0.29) is 0 Å². The molecule has 0 unspecified atom stereocenters. The van der Waals surface area contributed by atoms with Crippen LogP contribution in [0.5, 0.6) is 11.5 Å². The van der Waals surface area contributed by atoms with Gasteiger partial charge in [-0.15, -0.1) is 0 Å². The van der Waals surface area contributed by atoms with E-state index in [4.69, 9.17) is 26.3 Å². The molecule has 2 aromatic carbocycles. The summed E-state index contributed by atoms with van der Waals surface area (Å²) in [5, 5.41) is 11.7. The Morgan fingerprint density at radius 3 is 2.38 bits per heavy atom. The lowest BCUT2D eigenvalue weighted by Crippen LogP contribution is -2.27. The first-order valence-corrected chi connectivity index (χ1v) is 7.62. The Kier molecular flexibility index (Phi) is 5.32. The van der Waals surface area contributed by atoms with Gasteiger partial charge in [-0.2, -0.15) is 5.26 Å². The van der Waals surface area contributed by atoms with Gasteiger partial charge in [-0.3, -0.25) is 5.32 Å². The predicted molar refractivity (Wildman–Crippen MR) is 92.5 cm³/mol. The minimum Gasteiger partial charge on any atom is -0.456 e. The Morgan fingerprint density at radius 2 is 1.83 bits per heavy atom. The minimum absolute atomic E-state index is 0.341. The van der Waals surface area contributed by atoms with Crippen molar-refractivity contribution in [3.05, 3.63) is 53.1 Å². The molecule has 2 rings (SSSR count). The van der Waals surface area contributed by atoms with E-state index in [1.54, 1.807) is 63.2 Å². The Balaban J connectivity index is 2.06. The van der Waals surface area contributed by atoms with Crippen LogP contribution in [0, 0.1) is 11.3 Å². The molecule has 0 atom stereocenters. The van der Waals surface area contributed by atoms with Gasteiger partial charge in [0.1, 0.15) is 17.1 Å². The number of hydrogen-bond donors (Lipinski definition) is 1. The Bertz CT molecular complexity index is 774. The Hall–Kier alpha value is -2.71. The van der Waals surface area contributed by atoms with Crippen LogP contribution < -0.4 is 10.1 Å². The maximum Gasteiger partial charge on any atom is 0.412 e. The number of hydrogen-bond acceptors (Lipinski definition) is 4. The summed E-state index contributed by atoms with van der Waals surface area (Å²) in [5.74, 6) is 1.000. The second-order valence-corrected chi connectivity index (χ2v) is 6.42. The first-order chi connectivity index (χ1) is 11.3. The molecular formula is C18H17ClN2O3. The molecule has 0 radical (unpaired) electrons. The molecule has 124 valence electrons. The van der Waals surface area contributed by atoms with Crippen LogP contribution in [0.25, 0.3) is 0 Å². The quantitative estimate of drug-likeness (QED) is 0.814. The van der Waals surface area contributed by atoms with E-state index in [2.05, 4.69) is 5.32 Å². The number of benzene rings is 2.